The van der Waals surface area contributed by atoms with E-state index < -0.39 is 0 Å². The van der Waals surface area contributed by atoms with Crippen LogP contribution in [-0.2, 0) is 0 Å². The molecule has 1 fully saturated rings. The van der Waals surface area contributed by atoms with Crippen molar-refractivity contribution in [2.45, 2.75) is 39.7 Å². The topological polar surface area (TPSA) is 3.24 Å². The Morgan fingerprint density at radius 3 is 2.42 bits per heavy atom. The van der Waals surface area contributed by atoms with E-state index in [1.807, 2.05) is 0 Å². The molecule has 1 atom stereocenters. The van der Waals surface area contributed by atoms with Crippen LogP contribution in [0.2, 0.25) is 0 Å². The van der Waals surface area contributed by atoms with Crippen molar-refractivity contribution in [1.82, 2.24) is 4.90 Å². The summed E-state index contributed by atoms with van der Waals surface area (Å²) in [7, 11) is 2.22. The minimum atomic E-state index is 0. The van der Waals surface area contributed by atoms with Crippen LogP contribution >= 0.6 is 12.4 Å². The molecule has 1 heterocycles. The Kier molecular flexibility index (Phi) is 4.88. The van der Waals surface area contributed by atoms with Gasteiger partial charge in [-0.2, -0.15) is 0 Å². The van der Waals surface area contributed by atoms with Crippen molar-refractivity contribution in [3.05, 3.63) is 11.1 Å². The largest absolute Gasteiger partial charge is 0.300 e. The number of hydrogen-bond acceptors (Lipinski definition) is 1. The van der Waals surface area contributed by atoms with Crippen LogP contribution in [0.1, 0.15) is 33.6 Å². The first-order chi connectivity index (χ1) is 5.11. The van der Waals surface area contributed by atoms with Gasteiger partial charge in [-0.1, -0.05) is 11.1 Å². The average molecular weight is 190 g/mol. The molecule has 0 aromatic carbocycles. The molecule has 0 saturated carbocycles. The molecule has 72 valence electrons. The van der Waals surface area contributed by atoms with E-state index in [4.69, 9.17) is 0 Å². The van der Waals surface area contributed by atoms with Gasteiger partial charge in [-0.25, -0.2) is 0 Å². The third-order valence-electron chi connectivity index (χ3n) is 2.76. The third-order valence-corrected chi connectivity index (χ3v) is 2.76. The lowest BCUT2D eigenvalue weighted by Gasteiger charge is -2.32. The molecule has 0 amide bonds. The van der Waals surface area contributed by atoms with E-state index in [0.29, 0.717) is 0 Å². The van der Waals surface area contributed by atoms with Crippen molar-refractivity contribution < 1.29 is 0 Å². The Balaban J connectivity index is 0.00000121. The van der Waals surface area contributed by atoms with Crippen LogP contribution in [0.3, 0.4) is 0 Å². The van der Waals surface area contributed by atoms with Gasteiger partial charge < -0.3 is 0 Å². The second-order valence-electron chi connectivity index (χ2n) is 3.91. The van der Waals surface area contributed by atoms with Crippen LogP contribution in [0.25, 0.3) is 0 Å². The summed E-state index contributed by atoms with van der Waals surface area (Å²) in [6.07, 6.45) is 2.64. The molecule has 2 heteroatoms. The van der Waals surface area contributed by atoms with Crippen LogP contribution in [0.15, 0.2) is 11.1 Å². The minimum absolute atomic E-state index is 0. The number of piperidine rings is 1. The van der Waals surface area contributed by atoms with Gasteiger partial charge in [-0.15, -0.1) is 12.4 Å². The van der Waals surface area contributed by atoms with Gasteiger partial charge in [0.15, 0.2) is 0 Å². The standard InChI is InChI=1S/C10H19N.ClH/c1-8(2)10-6-5-9(3)11(4)7-10;/h9H,5-7H2,1-4H3;1H. The van der Waals surface area contributed by atoms with E-state index >= 15 is 0 Å². The fourth-order valence-corrected chi connectivity index (χ4v) is 1.55. The molecule has 1 rings (SSSR count). The van der Waals surface area contributed by atoms with Crippen LogP contribution < -0.4 is 0 Å². The first kappa shape index (κ1) is 12.0. The molecule has 1 aliphatic rings. The van der Waals surface area contributed by atoms with Gasteiger partial charge >= 0.3 is 0 Å². The predicted molar refractivity (Wildman–Crippen MR) is 56.9 cm³/mol. The highest BCUT2D eigenvalue weighted by molar-refractivity contribution is 5.85. The molecule has 0 spiro atoms. The average Bonchev–Trinajstić information content (AvgIpc) is 1.94. The summed E-state index contributed by atoms with van der Waals surface area (Å²) >= 11 is 0. The third kappa shape index (κ3) is 2.80. The molecule has 0 aromatic heterocycles. The molecular formula is C10H20ClN. The molecule has 0 aliphatic carbocycles. The van der Waals surface area contributed by atoms with Crippen molar-refractivity contribution >= 4 is 12.4 Å². The Hall–Kier alpha value is -0.0100. The highest BCUT2D eigenvalue weighted by Gasteiger charge is 2.17. The molecule has 0 bridgehead atoms. The van der Waals surface area contributed by atoms with Gasteiger partial charge in [0.1, 0.15) is 0 Å². The Morgan fingerprint density at radius 1 is 1.42 bits per heavy atom. The first-order valence-corrected chi connectivity index (χ1v) is 4.46. The molecule has 1 aliphatic heterocycles. The van der Waals surface area contributed by atoms with E-state index in [-0.39, 0.29) is 12.4 Å². The summed E-state index contributed by atoms with van der Waals surface area (Å²) in [5, 5.41) is 0. The molecule has 1 nitrogen and oxygen atoms in total. The lowest BCUT2D eigenvalue weighted by Crippen LogP contribution is -2.35. The van der Waals surface area contributed by atoms with Gasteiger partial charge in [0.05, 0.1) is 0 Å². The van der Waals surface area contributed by atoms with E-state index in [1.165, 1.54) is 25.0 Å². The molecule has 12 heavy (non-hydrogen) atoms. The van der Waals surface area contributed by atoms with Crippen LogP contribution in [0.5, 0.6) is 0 Å². The predicted octanol–water partition coefficient (Wildman–Crippen LogP) is 2.86. The zero-order valence-electron chi connectivity index (χ0n) is 8.55. The van der Waals surface area contributed by atoms with Crippen molar-refractivity contribution in [3.8, 4) is 0 Å². The molecule has 0 radical (unpaired) electrons. The Morgan fingerprint density at radius 2 is 2.00 bits per heavy atom. The van der Waals surface area contributed by atoms with Crippen LogP contribution in [0, 0.1) is 0 Å². The van der Waals surface area contributed by atoms with Crippen molar-refractivity contribution in [2.75, 3.05) is 13.6 Å². The summed E-state index contributed by atoms with van der Waals surface area (Å²) in [5.74, 6) is 0. The monoisotopic (exact) mass is 189 g/mol. The molecule has 0 aromatic rings. The van der Waals surface area contributed by atoms with Crippen molar-refractivity contribution in [3.63, 3.8) is 0 Å². The Bertz CT molecular complexity index is 171. The highest BCUT2D eigenvalue weighted by atomic mass is 35.5. The SMILES string of the molecule is CC(C)=C1CCC(C)N(C)C1.Cl. The number of hydrogen-bond donors (Lipinski definition) is 0. The number of rotatable bonds is 0. The highest BCUT2D eigenvalue weighted by Crippen LogP contribution is 2.21. The van der Waals surface area contributed by atoms with E-state index in [1.54, 1.807) is 5.57 Å². The van der Waals surface area contributed by atoms with E-state index in [0.717, 1.165) is 6.04 Å². The van der Waals surface area contributed by atoms with Gasteiger partial charge in [0.25, 0.3) is 0 Å². The zero-order valence-corrected chi connectivity index (χ0v) is 9.37. The minimum Gasteiger partial charge on any atom is -0.300 e. The molecule has 1 unspecified atom stereocenters. The first-order valence-electron chi connectivity index (χ1n) is 4.46. The lowest BCUT2D eigenvalue weighted by molar-refractivity contribution is 0.235. The van der Waals surface area contributed by atoms with Crippen molar-refractivity contribution in [1.29, 1.82) is 0 Å². The number of likely N-dealkylation sites (tertiary alicyclic amines) is 1. The second-order valence-corrected chi connectivity index (χ2v) is 3.91. The van der Waals surface area contributed by atoms with Gasteiger partial charge in [0.2, 0.25) is 0 Å². The quantitative estimate of drug-likeness (QED) is 0.530. The summed E-state index contributed by atoms with van der Waals surface area (Å²) in [6, 6.07) is 0.776. The maximum absolute atomic E-state index is 2.44. The number of allylic oxidation sites excluding steroid dienone is 1. The fourth-order valence-electron chi connectivity index (χ4n) is 1.55. The number of halogens is 1. The maximum Gasteiger partial charge on any atom is 0.0195 e. The van der Waals surface area contributed by atoms with Gasteiger partial charge in [-0.05, 0) is 40.7 Å². The van der Waals surface area contributed by atoms with Crippen LogP contribution in [0.4, 0.5) is 0 Å². The Labute approximate surface area is 82.2 Å². The van der Waals surface area contributed by atoms with E-state index in [9.17, 15) is 0 Å². The normalized spacial score (nSPS) is 25.0. The molecular weight excluding hydrogens is 170 g/mol. The summed E-state index contributed by atoms with van der Waals surface area (Å²) in [5.41, 5.74) is 3.16. The zero-order chi connectivity index (χ0) is 8.43. The summed E-state index contributed by atoms with van der Waals surface area (Å²) < 4.78 is 0. The lowest BCUT2D eigenvalue weighted by atomic mass is 9.96. The maximum atomic E-state index is 2.44. The molecule has 1 saturated heterocycles. The van der Waals surface area contributed by atoms with Gasteiger partial charge in [0, 0.05) is 12.6 Å². The van der Waals surface area contributed by atoms with E-state index in [2.05, 4.69) is 32.7 Å². The van der Waals surface area contributed by atoms with Crippen LogP contribution in [-0.4, -0.2) is 24.5 Å². The summed E-state index contributed by atoms with van der Waals surface area (Å²) in [6.45, 7) is 7.93. The smallest absolute Gasteiger partial charge is 0.0195 e. The van der Waals surface area contributed by atoms with Crippen molar-refractivity contribution in [2.24, 2.45) is 0 Å². The summed E-state index contributed by atoms with van der Waals surface area (Å²) in [4.78, 5) is 2.44. The fraction of sp³-hybridized carbons (Fsp3) is 0.800. The molecule has 0 N–H and O–H groups in total. The van der Waals surface area contributed by atoms with Gasteiger partial charge in [-0.3, -0.25) is 4.90 Å². The number of likely N-dealkylation sites (N-methyl/N-ethyl adjacent to an activating group) is 1. The number of nitrogens with zero attached hydrogens (tertiary/aromatic N) is 1. The second kappa shape index (κ2) is 4.88.